The van der Waals surface area contributed by atoms with Crippen molar-refractivity contribution in [3.05, 3.63) is 34.3 Å². The van der Waals surface area contributed by atoms with Crippen LogP contribution in [0.15, 0.2) is 28.7 Å². The van der Waals surface area contributed by atoms with Crippen molar-refractivity contribution in [2.24, 2.45) is 29.6 Å². The van der Waals surface area contributed by atoms with Crippen molar-refractivity contribution in [3.63, 3.8) is 0 Å². The van der Waals surface area contributed by atoms with Gasteiger partial charge in [-0.25, -0.2) is 0 Å². The SMILES string of the molecule is O=C(NCC1CC2CC1C1CC21)c1ccccc1Br. The lowest BCUT2D eigenvalue weighted by molar-refractivity contribution is 0.0940. The molecule has 1 aromatic carbocycles. The van der Waals surface area contributed by atoms with E-state index in [-0.39, 0.29) is 5.91 Å². The third-order valence-corrected chi connectivity index (χ3v) is 6.17. The molecule has 0 radical (unpaired) electrons. The van der Waals surface area contributed by atoms with E-state index in [0.717, 1.165) is 46.2 Å². The van der Waals surface area contributed by atoms with E-state index in [1.807, 2.05) is 24.3 Å². The summed E-state index contributed by atoms with van der Waals surface area (Å²) in [5, 5.41) is 3.14. The predicted octanol–water partition coefficient (Wildman–Crippen LogP) is 3.47. The van der Waals surface area contributed by atoms with E-state index >= 15 is 0 Å². The van der Waals surface area contributed by atoms with Crippen LogP contribution in [0.3, 0.4) is 0 Å². The highest BCUT2D eigenvalue weighted by Crippen LogP contribution is 2.67. The number of amides is 1. The smallest absolute Gasteiger partial charge is 0.252 e. The van der Waals surface area contributed by atoms with Crippen LogP contribution in [0, 0.1) is 29.6 Å². The fourth-order valence-corrected chi connectivity index (χ4v) is 5.01. The van der Waals surface area contributed by atoms with Crippen molar-refractivity contribution in [3.8, 4) is 0 Å². The van der Waals surface area contributed by atoms with Crippen LogP contribution >= 0.6 is 15.9 Å². The first-order valence-electron chi connectivity index (χ1n) is 7.27. The number of halogens is 1. The van der Waals surface area contributed by atoms with Gasteiger partial charge in [0.15, 0.2) is 0 Å². The van der Waals surface area contributed by atoms with Crippen LogP contribution in [-0.2, 0) is 0 Å². The van der Waals surface area contributed by atoms with E-state index in [1.54, 1.807) is 0 Å². The Balaban J connectivity index is 1.38. The van der Waals surface area contributed by atoms with Gasteiger partial charge in [-0.15, -0.1) is 0 Å². The summed E-state index contributed by atoms with van der Waals surface area (Å²) in [6, 6.07) is 7.63. The molecule has 5 unspecified atom stereocenters. The molecule has 5 atom stereocenters. The standard InChI is InChI=1S/C16H18BrNO/c17-15-4-2-1-3-11(15)16(19)18-8-10-5-9-6-12(10)14-7-13(9)14/h1-4,9-10,12-14H,5-8H2,(H,18,19). The van der Waals surface area contributed by atoms with Crippen LogP contribution in [0.2, 0.25) is 0 Å². The lowest BCUT2D eigenvalue weighted by atomic mass is 9.88. The first kappa shape index (κ1) is 12.0. The van der Waals surface area contributed by atoms with Crippen molar-refractivity contribution < 1.29 is 4.79 Å². The molecule has 0 aromatic heterocycles. The summed E-state index contributed by atoms with van der Waals surface area (Å²) in [6.07, 6.45) is 4.26. The van der Waals surface area contributed by atoms with Crippen LogP contribution in [-0.4, -0.2) is 12.5 Å². The fraction of sp³-hybridized carbons (Fsp3) is 0.562. The Kier molecular flexibility index (Phi) is 2.73. The minimum atomic E-state index is 0.0580. The van der Waals surface area contributed by atoms with E-state index in [9.17, 15) is 4.79 Å². The van der Waals surface area contributed by atoms with Gasteiger partial charge in [-0.2, -0.15) is 0 Å². The average Bonchev–Trinajstić information content (AvgIpc) is 3.03. The van der Waals surface area contributed by atoms with E-state index in [4.69, 9.17) is 0 Å². The van der Waals surface area contributed by atoms with Gasteiger partial charge in [0.1, 0.15) is 0 Å². The van der Waals surface area contributed by atoms with Gasteiger partial charge in [-0.05, 0) is 76.9 Å². The van der Waals surface area contributed by atoms with Gasteiger partial charge in [0.05, 0.1) is 5.56 Å². The van der Waals surface area contributed by atoms with Gasteiger partial charge < -0.3 is 5.32 Å². The molecule has 0 spiro atoms. The summed E-state index contributed by atoms with van der Waals surface area (Å²) in [5.41, 5.74) is 0.745. The van der Waals surface area contributed by atoms with E-state index in [0.29, 0.717) is 0 Å². The maximum atomic E-state index is 12.2. The molecule has 1 amide bonds. The van der Waals surface area contributed by atoms with Crippen LogP contribution in [0.4, 0.5) is 0 Å². The van der Waals surface area contributed by atoms with Crippen molar-refractivity contribution in [1.82, 2.24) is 5.32 Å². The van der Waals surface area contributed by atoms with Crippen molar-refractivity contribution in [2.45, 2.75) is 19.3 Å². The molecule has 4 rings (SSSR count). The maximum absolute atomic E-state index is 12.2. The lowest BCUT2D eigenvalue weighted by Gasteiger charge is -2.21. The van der Waals surface area contributed by atoms with E-state index in [1.165, 1.54) is 19.3 Å². The Bertz CT molecular complexity index is 529. The first-order valence-corrected chi connectivity index (χ1v) is 8.06. The summed E-state index contributed by atoms with van der Waals surface area (Å²) in [6.45, 7) is 0.866. The molecular weight excluding hydrogens is 302 g/mol. The molecule has 3 saturated carbocycles. The number of carbonyl (C=O) groups excluding carboxylic acids is 1. The molecule has 1 N–H and O–H groups in total. The predicted molar refractivity (Wildman–Crippen MR) is 77.8 cm³/mol. The topological polar surface area (TPSA) is 29.1 Å². The number of nitrogens with one attached hydrogen (secondary N) is 1. The van der Waals surface area contributed by atoms with Crippen LogP contribution in [0.25, 0.3) is 0 Å². The Morgan fingerprint density at radius 3 is 2.74 bits per heavy atom. The zero-order valence-electron chi connectivity index (χ0n) is 10.8. The molecule has 0 heterocycles. The summed E-state index contributed by atoms with van der Waals surface area (Å²) >= 11 is 3.44. The molecule has 0 saturated heterocycles. The Morgan fingerprint density at radius 1 is 1.16 bits per heavy atom. The van der Waals surface area contributed by atoms with Gasteiger partial charge in [0.25, 0.3) is 5.91 Å². The number of rotatable bonds is 3. The highest BCUT2D eigenvalue weighted by atomic mass is 79.9. The monoisotopic (exact) mass is 319 g/mol. The largest absolute Gasteiger partial charge is 0.352 e. The molecule has 2 nitrogen and oxygen atoms in total. The van der Waals surface area contributed by atoms with Crippen molar-refractivity contribution in [2.75, 3.05) is 6.54 Å². The summed E-state index contributed by atoms with van der Waals surface area (Å²) in [5.74, 6) is 4.78. The molecule has 2 bridgehead atoms. The quantitative estimate of drug-likeness (QED) is 0.908. The van der Waals surface area contributed by atoms with Gasteiger partial charge in [0, 0.05) is 11.0 Å². The number of hydrogen-bond donors (Lipinski definition) is 1. The normalized spacial score (nSPS) is 38.1. The maximum Gasteiger partial charge on any atom is 0.252 e. The fourth-order valence-electron chi connectivity index (χ4n) is 4.55. The third-order valence-electron chi connectivity index (χ3n) is 5.48. The number of fused-ring (bicyclic) bond motifs is 5. The molecule has 3 aliphatic carbocycles. The number of carbonyl (C=O) groups is 1. The van der Waals surface area contributed by atoms with Gasteiger partial charge in [-0.1, -0.05) is 12.1 Å². The second kappa shape index (κ2) is 4.34. The van der Waals surface area contributed by atoms with Crippen LogP contribution in [0.5, 0.6) is 0 Å². The minimum Gasteiger partial charge on any atom is -0.352 e. The van der Waals surface area contributed by atoms with Gasteiger partial charge in [-0.3, -0.25) is 4.79 Å². The molecule has 19 heavy (non-hydrogen) atoms. The summed E-state index contributed by atoms with van der Waals surface area (Å²) in [7, 11) is 0. The van der Waals surface area contributed by atoms with Gasteiger partial charge in [0.2, 0.25) is 0 Å². The van der Waals surface area contributed by atoms with Crippen LogP contribution in [0.1, 0.15) is 29.6 Å². The van der Waals surface area contributed by atoms with Gasteiger partial charge >= 0.3 is 0 Å². The molecule has 3 fully saturated rings. The molecular formula is C16H18BrNO. The number of benzene rings is 1. The highest BCUT2D eigenvalue weighted by Gasteiger charge is 2.60. The molecule has 0 aliphatic heterocycles. The zero-order valence-corrected chi connectivity index (χ0v) is 12.4. The van der Waals surface area contributed by atoms with Crippen molar-refractivity contribution in [1.29, 1.82) is 0 Å². The summed E-state index contributed by atoms with van der Waals surface area (Å²) < 4.78 is 0.877. The van der Waals surface area contributed by atoms with Crippen molar-refractivity contribution >= 4 is 21.8 Å². The Labute approximate surface area is 122 Å². The van der Waals surface area contributed by atoms with E-state index in [2.05, 4.69) is 21.2 Å². The molecule has 3 aliphatic rings. The second-order valence-corrected chi connectivity index (χ2v) is 7.26. The number of hydrogen-bond acceptors (Lipinski definition) is 1. The summed E-state index contributed by atoms with van der Waals surface area (Å²) in [4.78, 5) is 12.2. The second-order valence-electron chi connectivity index (χ2n) is 6.41. The third kappa shape index (κ3) is 1.94. The molecule has 3 heteroatoms. The molecule has 100 valence electrons. The highest BCUT2D eigenvalue weighted by molar-refractivity contribution is 9.10. The van der Waals surface area contributed by atoms with Crippen LogP contribution < -0.4 is 5.32 Å². The Morgan fingerprint density at radius 2 is 2.00 bits per heavy atom. The van der Waals surface area contributed by atoms with E-state index < -0.39 is 0 Å². The first-order chi connectivity index (χ1) is 9.24. The zero-order chi connectivity index (χ0) is 13.0. The minimum absolute atomic E-state index is 0.0580. The molecule has 1 aromatic rings. The lowest BCUT2D eigenvalue weighted by Crippen LogP contribution is -2.32. The Hall–Kier alpha value is -0.830. The average molecular weight is 320 g/mol.